The molecular weight excluding hydrogens is 156 g/mol. The molecule has 0 N–H and O–H groups in total. The fourth-order valence-electron chi connectivity index (χ4n) is 2.27. The van der Waals surface area contributed by atoms with Gasteiger partial charge in [0.25, 0.3) is 0 Å². The summed E-state index contributed by atoms with van der Waals surface area (Å²) in [5.41, 5.74) is 0. The van der Waals surface area contributed by atoms with Gasteiger partial charge < -0.3 is 0 Å². The lowest BCUT2D eigenvalue weighted by Gasteiger charge is -2.20. The number of hydrogen-bond acceptors (Lipinski definition) is 0. The summed E-state index contributed by atoms with van der Waals surface area (Å²) >= 11 is 0. The van der Waals surface area contributed by atoms with E-state index in [1.165, 1.54) is 44.9 Å². The molecule has 0 aromatic heterocycles. The largest absolute Gasteiger partial charge is 0.0654 e. The Labute approximate surface area is 85.1 Å². The molecule has 0 bridgehead atoms. The Kier molecular flexibility index (Phi) is 8.59. The van der Waals surface area contributed by atoms with Crippen LogP contribution in [0.3, 0.4) is 0 Å². The molecule has 0 aliphatic heterocycles. The highest BCUT2D eigenvalue weighted by Crippen LogP contribution is 2.25. The maximum absolute atomic E-state index is 2.35. The number of rotatable bonds is 8. The molecule has 0 saturated carbocycles. The minimum Gasteiger partial charge on any atom is -0.0654 e. The average Bonchev–Trinajstić information content (AvgIpc) is 2.16. The van der Waals surface area contributed by atoms with Crippen LogP contribution < -0.4 is 0 Å². The molecule has 0 heterocycles. The summed E-state index contributed by atoms with van der Waals surface area (Å²) < 4.78 is 0. The molecule has 0 spiro atoms. The van der Waals surface area contributed by atoms with Crippen molar-refractivity contribution < 1.29 is 0 Å². The van der Waals surface area contributed by atoms with E-state index in [0.717, 1.165) is 11.8 Å². The molecule has 0 amide bonds. The van der Waals surface area contributed by atoms with Gasteiger partial charge in [-0.2, -0.15) is 0 Å². The summed E-state index contributed by atoms with van der Waals surface area (Å²) in [6.07, 6.45) is 9.85. The molecule has 80 valence electrons. The van der Waals surface area contributed by atoms with E-state index >= 15 is 0 Å². The van der Waals surface area contributed by atoms with Gasteiger partial charge in [-0.1, -0.05) is 66.2 Å². The molecule has 0 rings (SSSR count). The van der Waals surface area contributed by atoms with Crippen molar-refractivity contribution in [1.82, 2.24) is 0 Å². The molecule has 0 fully saturated rings. The monoisotopic (exact) mass is 184 g/mol. The van der Waals surface area contributed by atoms with Crippen LogP contribution in [0, 0.1) is 11.8 Å². The molecule has 0 saturated heterocycles. The van der Waals surface area contributed by atoms with Gasteiger partial charge in [-0.25, -0.2) is 0 Å². The standard InChI is InChI=1S/C13H28/c1-5-9-12(7-3)11-13(8-4)10-6-2/h12-13H,5-11H2,1-4H3. The fourth-order valence-corrected chi connectivity index (χ4v) is 2.27. The molecule has 0 aliphatic rings. The highest BCUT2D eigenvalue weighted by Gasteiger charge is 2.12. The van der Waals surface area contributed by atoms with Crippen molar-refractivity contribution in [3.05, 3.63) is 0 Å². The Morgan fingerprint density at radius 1 is 0.692 bits per heavy atom. The van der Waals surface area contributed by atoms with Gasteiger partial charge in [0.2, 0.25) is 0 Å². The van der Waals surface area contributed by atoms with Crippen LogP contribution in [-0.4, -0.2) is 0 Å². The minimum absolute atomic E-state index is 1.00. The van der Waals surface area contributed by atoms with Crippen LogP contribution in [0.4, 0.5) is 0 Å². The first-order valence-corrected chi connectivity index (χ1v) is 6.28. The molecule has 13 heavy (non-hydrogen) atoms. The molecule has 0 radical (unpaired) electrons. The molecular formula is C13H28. The predicted molar refractivity (Wildman–Crippen MR) is 62.0 cm³/mol. The third kappa shape index (κ3) is 6.12. The van der Waals surface area contributed by atoms with Crippen LogP contribution in [0.25, 0.3) is 0 Å². The van der Waals surface area contributed by atoms with Gasteiger partial charge in [-0.3, -0.25) is 0 Å². The third-order valence-corrected chi connectivity index (χ3v) is 3.22. The second-order valence-electron chi connectivity index (χ2n) is 4.36. The van der Waals surface area contributed by atoms with E-state index < -0.39 is 0 Å². The van der Waals surface area contributed by atoms with E-state index in [1.54, 1.807) is 0 Å². The van der Waals surface area contributed by atoms with Crippen molar-refractivity contribution >= 4 is 0 Å². The number of hydrogen-bond donors (Lipinski definition) is 0. The van der Waals surface area contributed by atoms with Crippen LogP contribution in [-0.2, 0) is 0 Å². The Morgan fingerprint density at radius 2 is 1.08 bits per heavy atom. The van der Waals surface area contributed by atoms with Crippen LogP contribution in [0.2, 0.25) is 0 Å². The zero-order chi connectivity index (χ0) is 10.1. The highest BCUT2D eigenvalue weighted by atomic mass is 14.2. The van der Waals surface area contributed by atoms with Gasteiger partial charge >= 0.3 is 0 Å². The smallest absolute Gasteiger partial charge is 0.0414 e. The van der Waals surface area contributed by atoms with Gasteiger partial charge in [0.15, 0.2) is 0 Å². The second kappa shape index (κ2) is 8.59. The first kappa shape index (κ1) is 13.0. The van der Waals surface area contributed by atoms with Crippen molar-refractivity contribution in [3.8, 4) is 0 Å². The summed E-state index contributed by atoms with van der Waals surface area (Å²) in [5.74, 6) is 2.00. The summed E-state index contributed by atoms with van der Waals surface area (Å²) in [6, 6.07) is 0. The predicted octanol–water partition coefficient (Wildman–Crippen LogP) is 5.03. The topological polar surface area (TPSA) is 0 Å². The van der Waals surface area contributed by atoms with Crippen LogP contribution in [0.15, 0.2) is 0 Å². The summed E-state index contributed by atoms with van der Waals surface area (Å²) in [6.45, 7) is 9.31. The Bertz CT molecular complexity index is 84.2. The normalized spacial score (nSPS) is 15.7. The molecule has 0 heteroatoms. The summed E-state index contributed by atoms with van der Waals surface area (Å²) in [7, 11) is 0. The van der Waals surface area contributed by atoms with E-state index in [2.05, 4.69) is 27.7 Å². The van der Waals surface area contributed by atoms with Crippen molar-refractivity contribution in [2.24, 2.45) is 11.8 Å². The summed E-state index contributed by atoms with van der Waals surface area (Å²) in [4.78, 5) is 0. The van der Waals surface area contributed by atoms with Gasteiger partial charge in [0.05, 0.1) is 0 Å². The van der Waals surface area contributed by atoms with Crippen LogP contribution >= 0.6 is 0 Å². The van der Waals surface area contributed by atoms with Crippen molar-refractivity contribution in [2.45, 2.75) is 72.6 Å². The van der Waals surface area contributed by atoms with E-state index in [-0.39, 0.29) is 0 Å². The third-order valence-electron chi connectivity index (χ3n) is 3.22. The molecule has 2 unspecified atom stereocenters. The van der Waals surface area contributed by atoms with Crippen molar-refractivity contribution in [1.29, 1.82) is 0 Å². The summed E-state index contributed by atoms with van der Waals surface area (Å²) in [5, 5.41) is 0. The van der Waals surface area contributed by atoms with Gasteiger partial charge in [-0.15, -0.1) is 0 Å². The average molecular weight is 184 g/mol. The second-order valence-corrected chi connectivity index (χ2v) is 4.36. The van der Waals surface area contributed by atoms with E-state index in [9.17, 15) is 0 Å². The van der Waals surface area contributed by atoms with Crippen molar-refractivity contribution in [2.75, 3.05) is 0 Å². The van der Waals surface area contributed by atoms with Crippen LogP contribution in [0.1, 0.15) is 72.6 Å². The maximum atomic E-state index is 2.35. The lowest BCUT2D eigenvalue weighted by atomic mass is 9.86. The minimum atomic E-state index is 1.00. The molecule has 2 atom stereocenters. The van der Waals surface area contributed by atoms with Crippen molar-refractivity contribution in [3.63, 3.8) is 0 Å². The quantitative estimate of drug-likeness (QED) is 0.496. The molecule has 0 aliphatic carbocycles. The SMILES string of the molecule is CCCC(CC)CC(CC)CCC. The van der Waals surface area contributed by atoms with Gasteiger partial charge in [0, 0.05) is 0 Å². The van der Waals surface area contributed by atoms with Gasteiger partial charge in [0.1, 0.15) is 0 Å². The fraction of sp³-hybridized carbons (Fsp3) is 1.00. The first-order chi connectivity index (χ1) is 6.28. The van der Waals surface area contributed by atoms with Crippen LogP contribution in [0.5, 0.6) is 0 Å². The van der Waals surface area contributed by atoms with E-state index in [0.29, 0.717) is 0 Å². The Morgan fingerprint density at radius 3 is 1.31 bits per heavy atom. The van der Waals surface area contributed by atoms with E-state index in [1.807, 2.05) is 0 Å². The molecule has 0 aromatic carbocycles. The Balaban J connectivity index is 3.73. The molecule has 0 aromatic rings. The Hall–Kier alpha value is 0. The zero-order valence-electron chi connectivity index (χ0n) is 10.1. The lowest BCUT2D eigenvalue weighted by Crippen LogP contribution is -2.07. The maximum Gasteiger partial charge on any atom is -0.0414 e. The highest BCUT2D eigenvalue weighted by molar-refractivity contribution is 4.64. The first-order valence-electron chi connectivity index (χ1n) is 6.28. The lowest BCUT2D eigenvalue weighted by molar-refractivity contribution is 0.318. The van der Waals surface area contributed by atoms with E-state index in [4.69, 9.17) is 0 Å². The van der Waals surface area contributed by atoms with Gasteiger partial charge in [-0.05, 0) is 18.3 Å². The zero-order valence-corrected chi connectivity index (χ0v) is 10.1. The molecule has 0 nitrogen and oxygen atoms in total.